The Balaban J connectivity index is 0.00000288. The van der Waals surface area contributed by atoms with E-state index in [-0.39, 0.29) is 24.0 Å². The Morgan fingerprint density at radius 2 is 1.88 bits per heavy atom. The molecule has 1 aliphatic rings. The first kappa shape index (κ1) is 21.2. The monoisotopic (exact) mass is 444 g/mol. The Morgan fingerprint density at radius 3 is 2.46 bits per heavy atom. The third kappa shape index (κ3) is 7.83. The Kier molecular flexibility index (Phi) is 10.3. The maximum atomic E-state index is 4.67. The quantitative estimate of drug-likeness (QED) is 0.401. The Hall–Kier alpha value is -0.820. The fraction of sp³-hybridized carbons (Fsp3) is 0.632. The van der Waals surface area contributed by atoms with Crippen LogP contribution in [0.3, 0.4) is 0 Å². The summed E-state index contributed by atoms with van der Waals surface area (Å²) in [6.07, 6.45) is 2.36. The number of hydrogen-bond donors (Lipinski definition) is 2. The lowest BCUT2D eigenvalue weighted by Crippen LogP contribution is -2.48. The van der Waals surface area contributed by atoms with Gasteiger partial charge in [-0.15, -0.1) is 24.0 Å². The van der Waals surface area contributed by atoms with Crippen LogP contribution < -0.4 is 10.6 Å². The fourth-order valence-electron chi connectivity index (χ4n) is 2.86. The minimum Gasteiger partial charge on any atom is -0.357 e. The van der Waals surface area contributed by atoms with Gasteiger partial charge in [-0.05, 0) is 31.2 Å². The van der Waals surface area contributed by atoms with Gasteiger partial charge in [-0.3, -0.25) is 9.89 Å². The maximum Gasteiger partial charge on any atom is 0.191 e. The summed E-state index contributed by atoms with van der Waals surface area (Å²) in [5.41, 5.74) is 1.41. The molecule has 0 aliphatic carbocycles. The highest BCUT2D eigenvalue weighted by Gasteiger charge is 2.19. The minimum absolute atomic E-state index is 0. The second kappa shape index (κ2) is 11.7. The summed E-state index contributed by atoms with van der Waals surface area (Å²) in [4.78, 5) is 7.22. The van der Waals surface area contributed by atoms with Crippen molar-refractivity contribution in [1.29, 1.82) is 0 Å². The molecule has 0 spiro atoms. The average Bonchev–Trinajstić information content (AvgIpc) is 2.55. The van der Waals surface area contributed by atoms with E-state index in [9.17, 15) is 0 Å². The molecule has 2 rings (SSSR count). The highest BCUT2D eigenvalue weighted by Crippen LogP contribution is 2.13. The zero-order chi connectivity index (χ0) is 16.5. The normalized spacial score (nSPS) is 16.8. The largest absolute Gasteiger partial charge is 0.357 e. The second-order valence-corrected chi connectivity index (χ2v) is 6.79. The number of hydrogen-bond acceptors (Lipinski definition) is 2. The van der Waals surface area contributed by atoms with Gasteiger partial charge in [0.15, 0.2) is 5.96 Å². The lowest BCUT2D eigenvalue weighted by Gasteiger charge is -2.33. The van der Waals surface area contributed by atoms with Gasteiger partial charge in [0.05, 0.1) is 0 Å². The predicted molar refractivity (Wildman–Crippen MR) is 114 cm³/mol. The summed E-state index contributed by atoms with van der Waals surface area (Å²) in [5.74, 6) is 1.57. The van der Waals surface area contributed by atoms with Crippen molar-refractivity contribution in [1.82, 2.24) is 15.5 Å². The first-order valence-electron chi connectivity index (χ1n) is 8.98. The molecule has 0 atom stereocenters. The molecule has 2 N–H and O–H groups in total. The van der Waals surface area contributed by atoms with E-state index in [0.717, 1.165) is 38.7 Å². The van der Waals surface area contributed by atoms with Crippen LogP contribution in [0.1, 0.15) is 39.2 Å². The number of halogens is 1. The number of nitrogens with zero attached hydrogens (tertiary/aromatic N) is 2. The SMILES string of the molecule is CCNC(=NCC(C)C)NC1CCN(Cc2ccccc2)CC1.I. The molecule has 0 amide bonds. The van der Waals surface area contributed by atoms with Crippen LogP contribution in [0.25, 0.3) is 0 Å². The van der Waals surface area contributed by atoms with Crippen LogP contribution in [-0.4, -0.2) is 43.1 Å². The van der Waals surface area contributed by atoms with Gasteiger partial charge in [-0.2, -0.15) is 0 Å². The fourth-order valence-corrected chi connectivity index (χ4v) is 2.86. The summed E-state index contributed by atoms with van der Waals surface area (Å²) in [5, 5.41) is 6.97. The molecule has 5 heteroatoms. The third-order valence-electron chi connectivity index (χ3n) is 4.14. The maximum absolute atomic E-state index is 4.67. The van der Waals surface area contributed by atoms with Crippen LogP contribution in [0.4, 0.5) is 0 Å². The molecule has 1 saturated heterocycles. The van der Waals surface area contributed by atoms with Gasteiger partial charge < -0.3 is 10.6 Å². The van der Waals surface area contributed by atoms with Gasteiger partial charge in [0, 0.05) is 38.8 Å². The lowest BCUT2D eigenvalue weighted by atomic mass is 10.0. The number of rotatable bonds is 6. The summed E-state index contributed by atoms with van der Waals surface area (Å²) < 4.78 is 0. The van der Waals surface area contributed by atoms with Crippen LogP contribution in [0.5, 0.6) is 0 Å². The Morgan fingerprint density at radius 1 is 1.21 bits per heavy atom. The second-order valence-electron chi connectivity index (χ2n) is 6.79. The smallest absolute Gasteiger partial charge is 0.191 e. The van der Waals surface area contributed by atoms with Crippen molar-refractivity contribution in [2.75, 3.05) is 26.2 Å². The summed E-state index contributed by atoms with van der Waals surface area (Å²) >= 11 is 0. The molecule has 0 bridgehead atoms. The van der Waals surface area contributed by atoms with Crippen molar-refractivity contribution in [3.8, 4) is 0 Å². The third-order valence-corrected chi connectivity index (χ3v) is 4.14. The van der Waals surface area contributed by atoms with E-state index in [1.807, 2.05) is 0 Å². The average molecular weight is 444 g/mol. The lowest BCUT2D eigenvalue weighted by molar-refractivity contribution is 0.198. The van der Waals surface area contributed by atoms with Crippen LogP contribution in [0, 0.1) is 5.92 Å². The van der Waals surface area contributed by atoms with Crippen LogP contribution in [0.2, 0.25) is 0 Å². The van der Waals surface area contributed by atoms with E-state index < -0.39 is 0 Å². The van der Waals surface area contributed by atoms with E-state index in [1.54, 1.807) is 0 Å². The van der Waals surface area contributed by atoms with E-state index in [0.29, 0.717) is 12.0 Å². The highest BCUT2D eigenvalue weighted by molar-refractivity contribution is 14.0. The molecule has 0 unspecified atom stereocenters. The van der Waals surface area contributed by atoms with E-state index in [1.165, 1.54) is 18.4 Å². The van der Waals surface area contributed by atoms with Crippen LogP contribution in [-0.2, 0) is 6.54 Å². The molecule has 0 aromatic heterocycles. The van der Waals surface area contributed by atoms with Gasteiger partial charge in [0.25, 0.3) is 0 Å². The van der Waals surface area contributed by atoms with E-state index >= 15 is 0 Å². The van der Waals surface area contributed by atoms with E-state index in [2.05, 4.69) is 71.6 Å². The highest BCUT2D eigenvalue weighted by atomic mass is 127. The topological polar surface area (TPSA) is 39.7 Å². The number of likely N-dealkylation sites (tertiary alicyclic amines) is 1. The molecular weight excluding hydrogens is 411 g/mol. The van der Waals surface area contributed by atoms with Crippen molar-refractivity contribution >= 4 is 29.9 Å². The van der Waals surface area contributed by atoms with Gasteiger partial charge in [-0.25, -0.2) is 0 Å². The minimum atomic E-state index is 0. The van der Waals surface area contributed by atoms with Crippen LogP contribution >= 0.6 is 24.0 Å². The zero-order valence-corrected chi connectivity index (χ0v) is 17.6. The van der Waals surface area contributed by atoms with Gasteiger partial charge in [0.2, 0.25) is 0 Å². The molecule has 24 heavy (non-hydrogen) atoms. The molecule has 0 radical (unpaired) electrons. The Labute approximate surface area is 164 Å². The van der Waals surface area contributed by atoms with Crippen molar-refractivity contribution in [3.05, 3.63) is 35.9 Å². The molecule has 1 heterocycles. The van der Waals surface area contributed by atoms with Crippen molar-refractivity contribution in [3.63, 3.8) is 0 Å². The standard InChI is InChI=1S/C19H32N4.HI/c1-4-20-19(21-14-16(2)3)22-18-10-12-23(13-11-18)15-17-8-6-5-7-9-17;/h5-9,16,18H,4,10-15H2,1-3H3,(H2,20,21,22);1H. The van der Waals surface area contributed by atoms with Gasteiger partial charge in [-0.1, -0.05) is 44.2 Å². The molecule has 1 aromatic carbocycles. The summed E-state index contributed by atoms with van der Waals surface area (Å²) in [6.45, 7) is 11.7. The number of guanidine groups is 1. The van der Waals surface area contributed by atoms with Gasteiger partial charge in [0.1, 0.15) is 0 Å². The molecule has 136 valence electrons. The van der Waals surface area contributed by atoms with E-state index in [4.69, 9.17) is 0 Å². The first-order chi connectivity index (χ1) is 11.2. The molecule has 1 aliphatic heterocycles. The zero-order valence-electron chi connectivity index (χ0n) is 15.3. The predicted octanol–water partition coefficient (Wildman–Crippen LogP) is 3.48. The van der Waals surface area contributed by atoms with Crippen molar-refractivity contribution in [2.45, 2.75) is 46.2 Å². The summed E-state index contributed by atoms with van der Waals surface area (Å²) in [7, 11) is 0. The van der Waals surface area contributed by atoms with Crippen molar-refractivity contribution in [2.24, 2.45) is 10.9 Å². The number of piperidine rings is 1. The molecule has 4 nitrogen and oxygen atoms in total. The summed E-state index contributed by atoms with van der Waals surface area (Å²) in [6, 6.07) is 11.3. The number of benzene rings is 1. The molecular formula is C19H33IN4. The number of nitrogens with one attached hydrogen (secondary N) is 2. The van der Waals surface area contributed by atoms with Gasteiger partial charge >= 0.3 is 0 Å². The molecule has 1 fully saturated rings. The first-order valence-corrected chi connectivity index (χ1v) is 8.98. The number of aliphatic imine (C=N–C) groups is 1. The van der Waals surface area contributed by atoms with Crippen molar-refractivity contribution < 1.29 is 0 Å². The molecule has 1 aromatic rings. The Bertz CT molecular complexity index is 468. The van der Waals surface area contributed by atoms with Crippen LogP contribution in [0.15, 0.2) is 35.3 Å². The molecule has 0 saturated carbocycles.